The quantitative estimate of drug-likeness (QED) is 0.590. The van der Waals surface area contributed by atoms with Crippen LogP contribution in [-0.4, -0.2) is 23.9 Å². The molecule has 0 atom stereocenters. The van der Waals surface area contributed by atoms with Crippen LogP contribution in [0.1, 0.15) is 19.3 Å². The molecule has 0 bridgehead atoms. The molecule has 54 valence electrons. The van der Waals surface area contributed by atoms with Gasteiger partial charge in [0.2, 0.25) is 0 Å². The van der Waals surface area contributed by atoms with E-state index in [1.807, 2.05) is 0 Å². The zero-order chi connectivity index (χ0) is 6.53. The second-order valence-corrected chi connectivity index (χ2v) is 3.07. The van der Waals surface area contributed by atoms with E-state index in [2.05, 4.69) is 4.90 Å². The van der Waals surface area contributed by atoms with E-state index in [1.54, 1.807) is 0 Å². The molecule has 1 heterocycles. The first kappa shape index (κ1) is 7.38. The van der Waals surface area contributed by atoms with Crippen LogP contribution in [0.2, 0.25) is 0 Å². The first-order valence-corrected chi connectivity index (χ1v) is 4.52. The molecule has 0 saturated carbocycles. The van der Waals surface area contributed by atoms with Crippen molar-refractivity contribution in [1.29, 1.82) is 0 Å². The molecule has 2 nitrogen and oxygen atoms in total. The molecule has 1 aliphatic heterocycles. The largest absolute Gasteiger partial charge is 0.293 e. The van der Waals surface area contributed by atoms with Gasteiger partial charge in [-0.2, -0.15) is 0 Å². The second-order valence-electron chi connectivity index (χ2n) is 2.47. The summed E-state index contributed by atoms with van der Waals surface area (Å²) >= 11 is 1.43. The predicted molar refractivity (Wildman–Crippen MR) is 42.1 cm³/mol. The Hall–Kier alpha value is 0.270. The Kier molecular flexibility index (Phi) is 3.40. The van der Waals surface area contributed by atoms with E-state index in [9.17, 15) is 0 Å². The lowest BCUT2D eigenvalue weighted by Gasteiger charge is -2.24. The molecule has 1 rings (SSSR count). The second kappa shape index (κ2) is 4.14. The fourth-order valence-electron chi connectivity index (χ4n) is 1.19. The highest BCUT2D eigenvalue weighted by molar-refractivity contribution is 7.97. The summed E-state index contributed by atoms with van der Waals surface area (Å²) in [6, 6.07) is 0. The van der Waals surface area contributed by atoms with Crippen LogP contribution in [0.5, 0.6) is 0 Å². The number of rotatable bonds is 2. The van der Waals surface area contributed by atoms with Gasteiger partial charge in [-0.25, -0.2) is 0 Å². The highest BCUT2D eigenvalue weighted by Gasteiger charge is 2.07. The topological polar surface area (TPSA) is 29.3 Å². The maximum absolute atomic E-state index is 5.33. The van der Waals surface area contributed by atoms with Crippen molar-refractivity contribution in [2.75, 3.05) is 19.0 Å². The Balaban J connectivity index is 2.08. The van der Waals surface area contributed by atoms with Gasteiger partial charge in [0.05, 0.1) is 5.88 Å². The average Bonchev–Trinajstić information content (AvgIpc) is 1.91. The summed E-state index contributed by atoms with van der Waals surface area (Å²) in [7, 11) is 0. The van der Waals surface area contributed by atoms with Gasteiger partial charge in [0.25, 0.3) is 0 Å². The van der Waals surface area contributed by atoms with Crippen molar-refractivity contribution in [2.24, 2.45) is 5.14 Å². The molecule has 3 heteroatoms. The summed E-state index contributed by atoms with van der Waals surface area (Å²) in [5.74, 6) is 1.01. The zero-order valence-corrected chi connectivity index (χ0v) is 6.49. The third-order valence-electron chi connectivity index (χ3n) is 1.71. The van der Waals surface area contributed by atoms with Gasteiger partial charge in [-0.1, -0.05) is 18.4 Å². The lowest BCUT2D eigenvalue weighted by molar-refractivity contribution is 0.266. The van der Waals surface area contributed by atoms with Crippen molar-refractivity contribution in [1.82, 2.24) is 4.90 Å². The van der Waals surface area contributed by atoms with Crippen molar-refractivity contribution in [3.05, 3.63) is 0 Å². The van der Waals surface area contributed by atoms with Crippen LogP contribution in [-0.2, 0) is 0 Å². The van der Waals surface area contributed by atoms with E-state index in [0.717, 1.165) is 5.88 Å². The van der Waals surface area contributed by atoms with Gasteiger partial charge >= 0.3 is 0 Å². The molecule has 1 fully saturated rings. The Morgan fingerprint density at radius 2 is 1.89 bits per heavy atom. The smallest absolute Gasteiger partial charge is 0.0588 e. The summed E-state index contributed by atoms with van der Waals surface area (Å²) in [6.45, 7) is 2.51. The molecule has 0 spiro atoms. The Morgan fingerprint density at radius 1 is 1.22 bits per heavy atom. The average molecular weight is 146 g/mol. The minimum atomic E-state index is 1.01. The Bertz CT molecular complexity index is 68.7. The van der Waals surface area contributed by atoms with E-state index in [1.165, 1.54) is 44.3 Å². The van der Waals surface area contributed by atoms with Gasteiger partial charge in [-0.15, -0.1) is 0 Å². The van der Waals surface area contributed by atoms with Gasteiger partial charge in [0.1, 0.15) is 0 Å². The molecule has 0 unspecified atom stereocenters. The number of hydrogen-bond donors (Lipinski definition) is 1. The molecule has 0 aromatic rings. The summed E-state index contributed by atoms with van der Waals surface area (Å²) in [5.41, 5.74) is 0. The highest BCUT2D eigenvalue weighted by Crippen LogP contribution is 2.09. The molecule has 0 aromatic carbocycles. The molecule has 1 saturated heterocycles. The lowest BCUT2D eigenvalue weighted by Crippen LogP contribution is -2.29. The summed E-state index contributed by atoms with van der Waals surface area (Å²) in [4.78, 5) is 2.41. The van der Waals surface area contributed by atoms with Crippen LogP contribution < -0.4 is 5.14 Å². The van der Waals surface area contributed by atoms with E-state index in [0.29, 0.717) is 0 Å². The van der Waals surface area contributed by atoms with E-state index >= 15 is 0 Å². The minimum absolute atomic E-state index is 1.01. The van der Waals surface area contributed by atoms with Gasteiger partial charge < -0.3 is 0 Å². The molecule has 0 aromatic heterocycles. The molecule has 2 N–H and O–H groups in total. The van der Waals surface area contributed by atoms with Crippen molar-refractivity contribution < 1.29 is 0 Å². The Labute approximate surface area is 60.9 Å². The van der Waals surface area contributed by atoms with Crippen LogP contribution >= 0.6 is 11.9 Å². The van der Waals surface area contributed by atoms with Crippen molar-refractivity contribution >= 4 is 11.9 Å². The predicted octanol–water partition coefficient (Wildman–Crippen LogP) is 1.04. The monoisotopic (exact) mass is 146 g/mol. The summed E-state index contributed by atoms with van der Waals surface area (Å²) in [6.07, 6.45) is 4.13. The first-order valence-electron chi connectivity index (χ1n) is 3.47. The normalized spacial score (nSPS) is 22.3. The third kappa shape index (κ3) is 2.56. The van der Waals surface area contributed by atoms with Gasteiger partial charge in [-0.05, 0) is 25.9 Å². The third-order valence-corrected chi connectivity index (χ3v) is 2.22. The summed E-state index contributed by atoms with van der Waals surface area (Å²) < 4.78 is 0. The number of piperidine rings is 1. The van der Waals surface area contributed by atoms with Gasteiger partial charge in [0.15, 0.2) is 0 Å². The van der Waals surface area contributed by atoms with Crippen molar-refractivity contribution in [2.45, 2.75) is 19.3 Å². The Morgan fingerprint density at radius 3 is 2.44 bits per heavy atom. The van der Waals surface area contributed by atoms with E-state index in [-0.39, 0.29) is 0 Å². The fraction of sp³-hybridized carbons (Fsp3) is 1.00. The number of nitrogens with two attached hydrogens (primary N) is 1. The standard InChI is InChI=1S/C6H14N2S/c7-9-6-8-4-2-1-3-5-8/h1-7H2. The van der Waals surface area contributed by atoms with Crippen LogP contribution in [0.25, 0.3) is 0 Å². The van der Waals surface area contributed by atoms with Gasteiger partial charge in [-0.3, -0.25) is 10.0 Å². The zero-order valence-electron chi connectivity index (χ0n) is 5.68. The van der Waals surface area contributed by atoms with Crippen LogP contribution in [0.15, 0.2) is 0 Å². The maximum atomic E-state index is 5.33. The maximum Gasteiger partial charge on any atom is 0.0588 e. The highest BCUT2D eigenvalue weighted by atomic mass is 32.2. The van der Waals surface area contributed by atoms with Crippen molar-refractivity contribution in [3.63, 3.8) is 0 Å². The fourth-order valence-corrected chi connectivity index (χ4v) is 1.66. The molecule has 0 radical (unpaired) electrons. The molecule has 0 amide bonds. The molecule has 9 heavy (non-hydrogen) atoms. The molecule has 0 aliphatic carbocycles. The lowest BCUT2D eigenvalue weighted by atomic mass is 10.1. The van der Waals surface area contributed by atoms with Crippen LogP contribution in [0.4, 0.5) is 0 Å². The number of nitrogens with zero attached hydrogens (tertiary/aromatic N) is 1. The van der Waals surface area contributed by atoms with Crippen molar-refractivity contribution in [3.8, 4) is 0 Å². The number of hydrogen-bond acceptors (Lipinski definition) is 3. The SMILES string of the molecule is NSCN1CCCCC1. The molecular formula is C6H14N2S. The molecular weight excluding hydrogens is 132 g/mol. The van der Waals surface area contributed by atoms with Gasteiger partial charge in [0, 0.05) is 0 Å². The van der Waals surface area contributed by atoms with Crippen LogP contribution in [0.3, 0.4) is 0 Å². The van der Waals surface area contributed by atoms with Crippen LogP contribution in [0, 0.1) is 0 Å². The molecule has 1 aliphatic rings. The minimum Gasteiger partial charge on any atom is -0.293 e. The first-order chi connectivity index (χ1) is 4.43. The van der Waals surface area contributed by atoms with E-state index < -0.39 is 0 Å². The summed E-state index contributed by atoms with van der Waals surface area (Å²) in [5, 5.41) is 5.33. The number of likely N-dealkylation sites (tertiary alicyclic amines) is 1. The van der Waals surface area contributed by atoms with E-state index in [4.69, 9.17) is 5.14 Å².